The van der Waals surface area contributed by atoms with Crippen LogP contribution in [0.5, 0.6) is 0 Å². The van der Waals surface area contributed by atoms with Gasteiger partial charge in [0.25, 0.3) is 0 Å². The van der Waals surface area contributed by atoms with Gasteiger partial charge in [0, 0.05) is 30.6 Å². The second-order valence-electron chi connectivity index (χ2n) is 7.15. The molecule has 0 spiro atoms. The van der Waals surface area contributed by atoms with E-state index in [1.807, 2.05) is 4.90 Å². The topological polar surface area (TPSA) is 74.7 Å². The summed E-state index contributed by atoms with van der Waals surface area (Å²) in [6, 6.07) is 8.33. The Labute approximate surface area is 172 Å². The molecule has 0 bridgehead atoms. The normalized spacial score (nSPS) is 11.4. The van der Waals surface area contributed by atoms with E-state index < -0.39 is 21.6 Å². The van der Waals surface area contributed by atoms with Crippen molar-refractivity contribution >= 4 is 21.5 Å². The van der Waals surface area contributed by atoms with E-state index in [0.717, 1.165) is 31.9 Å². The Bertz CT molecular complexity index is 948. The molecular formula is C22H28FNO4S. The van der Waals surface area contributed by atoms with Crippen LogP contribution in [0.15, 0.2) is 41.3 Å². The molecule has 0 saturated heterocycles. The summed E-state index contributed by atoms with van der Waals surface area (Å²) >= 11 is 0. The lowest BCUT2D eigenvalue weighted by atomic mass is 9.99. The minimum atomic E-state index is -3.73. The highest BCUT2D eigenvalue weighted by Gasteiger charge is 2.24. The third kappa shape index (κ3) is 5.79. The minimum Gasteiger partial charge on any atom is -0.478 e. The van der Waals surface area contributed by atoms with Gasteiger partial charge < -0.3 is 10.0 Å². The van der Waals surface area contributed by atoms with Crippen LogP contribution in [0.3, 0.4) is 0 Å². The summed E-state index contributed by atoms with van der Waals surface area (Å²) in [7, 11) is -3.73. The van der Waals surface area contributed by atoms with Crippen molar-refractivity contribution in [1.29, 1.82) is 0 Å². The number of sulfone groups is 1. The highest BCUT2D eigenvalue weighted by atomic mass is 32.2. The zero-order valence-electron chi connectivity index (χ0n) is 17.1. The molecule has 0 amide bonds. The number of hydrogen-bond donors (Lipinski definition) is 1. The molecule has 0 unspecified atom stereocenters. The number of carboxylic acids is 1. The number of hydrogen-bond acceptors (Lipinski definition) is 4. The fourth-order valence-corrected chi connectivity index (χ4v) is 4.16. The van der Waals surface area contributed by atoms with Crippen LogP contribution >= 0.6 is 0 Å². The summed E-state index contributed by atoms with van der Waals surface area (Å²) in [5, 5.41) is 9.57. The number of rotatable bonds is 10. The summed E-state index contributed by atoms with van der Waals surface area (Å²) in [5.74, 6) is -1.61. The first-order chi connectivity index (χ1) is 13.7. The summed E-state index contributed by atoms with van der Waals surface area (Å²) in [4.78, 5) is 13.7. The highest BCUT2D eigenvalue weighted by molar-refractivity contribution is 7.90. The van der Waals surface area contributed by atoms with Gasteiger partial charge in [-0.3, -0.25) is 0 Å². The summed E-state index contributed by atoms with van der Waals surface area (Å²) in [6.45, 7) is 5.48. The zero-order valence-corrected chi connectivity index (χ0v) is 17.9. The van der Waals surface area contributed by atoms with Gasteiger partial charge in [0.05, 0.1) is 10.5 Å². The van der Waals surface area contributed by atoms with Crippen molar-refractivity contribution in [2.24, 2.45) is 0 Å². The number of unbranched alkanes of at least 4 members (excludes halogenated alkanes) is 2. The van der Waals surface area contributed by atoms with E-state index in [0.29, 0.717) is 29.9 Å². The maximum atomic E-state index is 13.5. The Morgan fingerprint density at radius 1 is 1.03 bits per heavy atom. The molecule has 0 heterocycles. The van der Waals surface area contributed by atoms with Gasteiger partial charge in [-0.05, 0) is 42.7 Å². The molecule has 2 aromatic rings. The van der Waals surface area contributed by atoms with Gasteiger partial charge in [0.2, 0.25) is 0 Å². The summed E-state index contributed by atoms with van der Waals surface area (Å²) in [5.41, 5.74) is 1.43. The van der Waals surface area contributed by atoms with E-state index in [-0.39, 0.29) is 10.5 Å². The Kier molecular flexibility index (Phi) is 7.79. The van der Waals surface area contributed by atoms with E-state index in [1.165, 1.54) is 36.4 Å². The largest absolute Gasteiger partial charge is 0.478 e. The van der Waals surface area contributed by atoms with E-state index in [1.54, 1.807) is 0 Å². The van der Waals surface area contributed by atoms with Gasteiger partial charge >= 0.3 is 5.97 Å². The van der Waals surface area contributed by atoms with Crippen LogP contribution in [0, 0.1) is 5.82 Å². The predicted molar refractivity (Wildman–Crippen MR) is 114 cm³/mol. The van der Waals surface area contributed by atoms with Crippen LogP contribution in [0.1, 0.15) is 49.9 Å². The monoisotopic (exact) mass is 421 g/mol. The number of benzene rings is 2. The van der Waals surface area contributed by atoms with Crippen molar-refractivity contribution in [2.75, 3.05) is 24.2 Å². The second kappa shape index (κ2) is 9.87. The third-order valence-electron chi connectivity index (χ3n) is 4.76. The van der Waals surface area contributed by atoms with Gasteiger partial charge in [-0.25, -0.2) is 17.6 Å². The molecule has 2 aromatic carbocycles. The molecule has 0 atom stereocenters. The number of carbonyl (C=O) groups is 1. The van der Waals surface area contributed by atoms with Crippen LogP contribution in [0.25, 0.3) is 11.1 Å². The van der Waals surface area contributed by atoms with Gasteiger partial charge in [-0.15, -0.1) is 0 Å². The summed E-state index contributed by atoms with van der Waals surface area (Å²) in [6.07, 6.45) is 4.74. The van der Waals surface area contributed by atoms with Crippen molar-refractivity contribution in [3.05, 3.63) is 47.8 Å². The van der Waals surface area contributed by atoms with E-state index in [2.05, 4.69) is 13.8 Å². The van der Waals surface area contributed by atoms with Gasteiger partial charge in [0.15, 0.2) is 9.84 Å². The molecule has 2 rings (SSSR count). The molecule has 5 nitrogen and oxygen atoms in total. The maximum absolute atomic E-state index is 13.5. The van der Waals surface area contributed by atoms with Crippen LogP contribution in [-0.4, -0.2) is 38.8 Å². The quantitative estimate of drug-likeness (QED) is 0.584. The van der Waals surface area contributed by atoms with Crippen molar-refractivity contribution in [3.8, 4) is 11.1 Å². The van der Waals surface area contributed by atoms with Crippen LogP contribution in [-0.2, 0) is 9.84 Å². The number of anilines is 1. The third-order valence-corrected chi connectivity index (χ3v) is 5.89. The maximum Gasteiger partial charge on any atom is 0.335 e. The molecule has 0 aromatic heterocycles. The second-order valence-corrected chi connectivity index (χ2v) is 9.13. The number of nitrogens with zero attached hydrogens (tertiary/aromatic N) is 1. The molecule has 0 radical (unpaired) electrons. The number of aromatic carboxylic acids is 1. The first-order valence-corrected chi connectivity index (χ1v) is 11.7. The summed E-state index contributed by atoms with van der Waals surface area (Å²) < 4.78 is 38.7. The Morgan fingerprint density at radius 2 is 1.59 bits per heavy atom. The average Bonchev–Trinajstić information content (AvgIpc) is 2.67. The highest BCUT2D eigenvalue weighted by Crippen LogP contribution is 2.38. The first kappa shape index (κ1) is 22.9. The molecule has 0 aliphatic carbocycles. The van der Waals surface area contributed by atoms with Crippen molar-refractivity contribution in [2.45, 2.75) is 44.4 Å². The molecule has 29 heavy (non-hydrogen) atoms. The lowest BCUT2D eigenvalue weighted by Crippen LogP contribution is -2.27. The van der Waals surface area contributed by atoms with E-state index in [9.17, 15) is 22.7 Å². The first-order valence-electron chi connectivity index (χ1n) is 9.81. The Morgan fingerprint density at radius 3 is 2.03 bits per heavy atom. The Hall–Kier alpha value is -2.41. The van der Waals surface area contributed by atoms with E-state index >= 15 is 0 Å². The molecule has 7 heteroatoms. The predicted octanol–water partition coefficient (Wildman–Crippen LogP) is 5.00. The number of halogens is 1. The molecule has 158 valence electrons. The van der Waals surface area contributed by atoms with Crippen LogP contribution < -0.4 is 4.90 Å². The smallest absolute Gasteiger partial charge is 0.335 e. The Balaban J connectivity index is 2.84. The van der Waals surface area contributed by atoms with E-state index in [4.69, 9.17) is 0 Å². The number of carboxylic acid groups (broad SMARTS) is 1. The molecule has 0 aliphatic rings. The van der Waals surface area contributed by atoms with Crippen molar-refractivity contribution in [1.82, 2.24) is 0 Å². The minimum absolute atomic E-state index is 0.0583. The fraction of sp³-hybridized carbons (Fsp3) is 0.409. The molecular weight excluding hydrogens is 393 g/mol. The van der Waals surface area contributed by atoms with Crippen LogP contribution in [0.2, 0.25) is 0 Å². The fourth-order valence-electron chi connectivity index (χ4n) is 3.22. The van der Waals surface area contributed by atoms with Crippen LogP contribution in [0.4, 0.5) is 10.1 Å². The lowest BCUT2D eigenvalue weighted by molar-refractivity contribution is 0.0696. The molecule has 0 fully saturated rings. The lowest BCUT2D eigenvalue weighted by Gasteiger charge is -2.29. The van der Waals surface area contributed by atoms with Gasteiger partial charge in [-0.1, -0.05) is 38.8 Å². The van der Waals surface area contributed by atoms with Gasteiger partial charge in [-0.2, -0.15) is 0 Å². The molecule has 0 saturated carbocycles. The molecule has 1 N–H and O–H groups in total. The van der Waals surface area contributed by atoms with Gasteiger partial charge in [0.1, 0.15) is 5.82 Å². The standard InChI is InChI=1S/C22H28FNO4S/c1-4-6-12-24(13-7-5-2)19-14-17(22(25)26)15-20(29(3,27)28)21(19)16-8-10-18(23)11-9-16/h8-11,14-15H,4-7,12-13H2,1-3H3,(H,25,26). The average molecular weight is 422 g/mol. The van der Waals surface area contributed by atoms with Crippen molar-refractivity contribution in [3.63, 3.8) is 0 Å². The molecule has 0 aliphatic heterocycles. The SMILES string of the molecule is CCCCN(CCCC)c1cc(C(=O)O)cc(S(C)(=O)=O)c1-c1ccc(F)cc1. The zero-order chi connectivity index (χ0) is 21.6. The van der Waals surface area contributed by atoms with Crippen molar-refractivity contribution < 1.29 is 22.7 Å².